The molecule has 0 heterocycles. The summed E-state index contributed by atoms with van der Waals surface area (Å²) in [6.45, 7) is 1.41. The third-order valence-electron chi connectivity index (χ3n) is 4.08. The predicted octanol–water partition coefficient (Wildman–Crippen LogP) is 4.00. The molecule has 0 fully saturated rings. The van der Waals surface area contributed by atoms with Crippen LogP contribution in [0.4, 0.5) is 4.39 Å². The molecule has 2 rings (SSSR count). The second kappa shape index (κ2) is 9.17. The Morgan fingerprint density at radius 1 is 1.08 bits per heavy atom. The topological polar surface area (TPSA) is 33.7 Å². The second-order valence-corrected chi connectivity index (χ2v) is 6.81. The quantitative estimate of drug-likeness (QED) is 0.712. The van der Waals surface area contributed by atoms with Gasteiger partial charge in [-0.15, -0.1) is 0 Å². The zero-order valence-corrected chi connectivity index (χ0v) is 16.6. The second-order valence-electron chi connectivity index (χ2n) is 5.96. The van der Waals surface area contributed by atoms with Crippen molar-refractivity contribution in [2.24, 2.45) is 0 Å². The van der Waals surface area contributed by atoms with Gasteiger partial charge in [0.05, 0.1) is 14.2 Å². The molecule has 2 aromatic carbocycles. The van der Waals surface area contributed by atoms with Gasteiger partial charge in [0, 0.05) is 23.6 Å². The molecule has 0 radical (unpaired) electrons. The molecule has 25 heavy (non-hydrogen) atoms. The van der Waals surface area contributed by atoms with Crippen LogP contribution in [0.1, 0.15) is 17.2 Å². The third kappa shape index (κ3) is 5.17. The Morgan fingerprint density at radius 3 is 2.24 bits per heavy atom. The van der Waals surface area contributed by atoms with Crippen LogP contribution in [0.25, 0.3) is 0 Å². The molecule has 0 aliphatic heterocycles. The van der Waals surface area contributed by atoms with E-state index in [0.717, 1.165) is 22.1 Å². The predicted molar refractivity (Wildman–Crippen MR) is 102 cm³/mol. The Balaban J connectivity index is 2.06. The monoisotopic (exact) mass is 410 g/mol. The van der Waals surface area contributed by atoms with Gasteiger partial charge in [-0.25, -0.2) is 4.39 Å². The first-order valence-corrected chi connectivity index (χ1v) is 8.78. The third-order valence-corrected chi connectivity index (χ3v) is 4.82. The maximum Gasteiger partial charge on any atom is 0.161 e. The van der Waals surface area contributed by atoms with Crippen molar-refractivity contribution in [3.8, 4) is 11.5 Å². The van der Waals surface area contributed by atoms with E-state index in [2.05, 4.69) is 26.1 Å². The maximum atomic E-state index is 13.1. The van der Waals surface area contributed by atoms with Crippen LogP contribution >= 0.6 is 15.9 Å². The summed E-state index contributed by atoms with van der Waals surface area (Å²) in [5.41, 5.74) is 2.15. The number of hydrogen-bond donors (Lipinski definition) is 1. The fourth-order valence-electron chi connectivity index (χ4n) is 2.66. The lowest BCUT2D eigenvalue weighted by molar-refractivity contribution is 0.288. The van der Waals surface area contributed by atoms with Crippen molar-refractivity contribution < 1.29 is 13.9 Å². The molecule has 0 amide bonds. The number of halogens is 2. The average Bonchev–Trinajstić information content (AvgIpc) is 2.60. The maximum absolute atomic E-state index is 13.1. The van der Waals surface area contributed by atoms with Crippen LogP contribution in [0, 0.1) is 5.82 Å². The standard InChI is InChI=1S/C19H24BrFN2O2/c1-23(2)17(13-5-7-15(21)8-6-13)12-22-11-14-9-18(24-3)19(25-4)10-16(14)20/h5-10,17,22H,11-12H2,1-4H3. The van der Waals surface area contributed by atoms with E-state index in [0.29, 0.717) is 18.0 Å². The van der Waals surface area contributed by atoms with Gasteiger partial charge in [-0.2, -0.15) is 0 Å². The fourth-order valence-corrected chi connectivity index (χ4v) is 3.12. The van der Waals surface area contributed by atoms with Gasteiger partial charge in [0.15, 0.2) is 11.5 Å². The molecule has 0 saturated heterocycles. The molecule has 2 aromatic rings. The molecular weight excluding hydrogens is 387 g/mol. The fraction of sp³-hybridized carbons (Fsp3) is 0.368. The van der Waals surface area contributed by atoms with E-state index >= 15 is 0 Å². The molecule has 1 N–H and O–H groups in total. The zero-order valence-electron chi connectivity index (χ0n) is 15.0. The van der Waals surface area contributed by atoms with Crippen molar-refractivity contribution in [3.63, 3.8) is 0 Å². The van der Waals surface area contributed by atoms with E-state index in [-0.39, 0.29) is 11.9 Å². The highest BCUT2D eigenvalue weighted by Gasteiger charge is 2.15. The van der Waals surface area contributed by atoms with E-state index in [1.54, 1.807) is 14.2 Å². The number of nitrogens with zero attached hydrogens (tertiary/aromatic N) is 1. The highest BCUT2D eigenvalue weighted by molar-refractivity contribution is 9.10. The molecule has 1 atom stereocenters. The minimum absolute atomic E-state index is 0.152. The molecule has 0 spiro atoms. The van der Waals surface area contributed by atoms with E-state index in [1.807, 2.05) is 38.4 Å². The van der Waals surface area contributed by atoms with E-state index in [1.165, 1.54) is 12.1 Å². The van der Waals surface area contributed by atoms with Crippen LogP contribution in [-0.4, -0.2) is 39.8 Å². The summed E-state index contributed by atoms with van der Waals surface area (Å²) in [6, 6.07) is 10.7. The Morgan fingerprint density at radius 2 is 1.68 bits per heavy atom. The minimum Gasteiger partial charge on any atom is -0.493 e. The van der Waals surface area contributed by atoms with Crippen LogP contribution < -0.4 is 14.8 Å². The normalized spacial score (nSPS) is 12.3. The first kappa shape index (κ1) is 19.7. The van der Waals surface area contributed by atoms with Gasteiger partial charge in [-0.1, -0.05) is 28.1 Å². The summed E-state index contributed by atoms with van der Waals surface area (Å²) in [4.78, 5) is 2.11. The first-order chi connectivity index (χ1) is 12.0. The molecule has 136 valence electrons. The number of benzene rings is 2. The lowest BCUT2D eigenvalue weighted by Gasteiger charge is -2.25. The molecule has 0 saturated carbocycles. The van der Waals surface area contributed by atoms with Crippen LogP contribution in [0.2, 0.25) is 0 Å². The lowest BCUT2D eigenvalue weighted by Crippen LogP contribution is -2.30. The van der Waals surface area contributed by atoms with Gasteiger partial charge >= 0.3 is 0 Å². The number of nitrogens with one attached hydrogen (secondary N) is 1. The number of ether oxygens (including phenoxy) is 2. The van der Waals surface area contributed by atoms with Crippen LogP contribution in [-0.2, 0) is 6.54 Å². The largest absolute Gasteiger partial charge is 0.493 e. The van der Waals surface area contributed by atoms with Crippen molar-refractivity contribution in [1.29, 1.82) is 0 Å². The van der Waals surface area contributed by atoms with E-state index < -0.39 is 0 Å². The van der Waals surface area contributed by atoms with Crippen LogP contribution in [0.3, 0.4) is 0 Å². The Kier molecular flexibility index (Phi) is 7.23. The van der Waals surface area contributed by atoms with Crippen molar-refractivity contribution in [2.75, 3.05) is 34.9 Å². The Labute approximate surface area is 157 Å². The average molecular weight is 411 g/mol. The van der Waals surface area contributed by atoms with Crippen molar-refractivity contribution in [1.82, 2.24) is 10.2 Å². The van der Waals surface area contributed by atoms with Gasteiger partial charge in [-0.3, -0.25) is 0 Å². The summed E-state index contributed by atoms with van der Waals surface area (Å²) in [5, 5.41) is 3.46. The molecular formula is C19H24BrFN2O2. The van der Waals surface area contributed by atoms with Gasteiger partial charge in [0.2, 0.25) is 0 Å². The summed E-state index contributed by atoms with van der Waals surface area (Å²) in [5.74, 6) is 1.17. The van der Waals surface area contributed by atoms with Crippen LogP contribution in [0.15, 0.2) is 40.9 Å². The molecule has 4 nitrogen and oxygen atoms in total. The highest BCUT2D eigenvalue weighted by atomic mass is 79.9. The van der Waals surface area contributed by atoms with Crippen molar-refractivity contribution >= 4 is 15.9 Å². The number of rotatable bonds is 8. The van der Waals surface area contributed by atoms with Crippen LogP contribution in [0.5, 0.6) is 11.5 Å². The lowest BCUT2D eigenvalue weighted by atomic mass is 10.1. The Bertz CT molecular complexity index is 693. The summed E-state index contributed by atoms with van der Waals surface area (Å²) in [7, 11) is 7.27. The molecule has 0 aliphatic rings. The van der Waals surface area contributed by atoms with E-state index in [9.17, 15) is 4.39 Å². The zero-order chi connectivity index (χ0) is 18.4. The number of hydrogen-bond acceptors (Lipinski definition) is 4. The smallest absolute Gasteiger partial charge is 0.161 e. The molecule has 0 bridgehead atoms. The molecule has 6 heteroatoms. The summed E-state index contributed by atoms with van der Waals surface area (Å²) in [6.07, 6.45) is 0. The molecule has 0 aliphatic carbocycles. The van der Waals surface area contributed by atoms with E-state index in [4.69, 9.17) is 9.47 Å². The first-order valence-electron chi connectivity index (χ1n) is 7.99. The van der Waals surface area contributed by atoms with Gasteiger partial charge in [0.1, 0.15) is 5.82 Å². The summed E-state index contributed by atoms with van der Waals surface area (Å²) >= 11 is 3.57. The summed E-state index contributed by atoms with van der Waals surface area (Å²) < 4.78 is 24.8. The molecule has 0 aromatic heterocycles. The van der Waals surface area contributed by atoms with Crippen molar-refractivity contribution in [2.45, 2.75) is 12.6 Å². The van der Waals surface area contributed by atoms with Gasteiger partial charge < -0.3 is 19.7 Å². The Hall–Kier alpha value is -1.63. The highest BCUT2D eigenvalue weighted by Crippen LogP contribution is 2.33. The molecule has 1 unspecified atom stereocenters. The number of methoxy groups -OCH3 is 2. The van der Waals surface area contributed by atoms with Gasteiger partial charge in [-0.05, 0) is 49.5 Å². The van der Waals surface area contributed by atoms with Crippen molar-refractivity contribution in [3.05, 3.63) is 57.8 Å². The minimum atomic E-state index is -0.219. The number of likely N-dealkylation sites (N-methyl/N-ethyl adjacent to an activating group) is 1. The SMILES string of the molecule is COc1cc(Br)c(CNCC(c2ccc(F)cc2)N(C)C)cc1OC. The van der Waals surface area contributed by atoms with Gasteiger partial charge in [0.25, 0.3) is 0 Å².